The highest BCUT2D eigenvalue weighted by molar-refractivity contribution is 7.13. The van der Waals surface area contributed by atoms with Gasteiger partial charge in [0.2, 0.25) is 0 Å². The van der Waals surface area contributed by atoms with Crippen LogP contribution in [0.3, 0.4) is 0 Å². The summed E-state index contributed by atoms with van der Waals surface area (Å²) in [7, 11) is 1.37. The number of esters is 1. The monoisotopic (exact) mass is 186 g/mol. The van der Waals surface area contributed by atoms with Gasteiger partial charge in [-0.3, -0.25) is 4.79 Å². The predicted molar refractivity (Wildman–Crippen MR) is 46.9 cm³/mol. The number of ether oxygens (including phenoxy) is 1. The molecule has 0 fully saturated rings. The average molecular weight is 186 g/mol. The van der Waals surface area contributed by atoms with Crippen LogP contribution in [0, 0.1) is 0 Å². The van der Waals surface area contributed by atoms with Crippen LogP contribution in [-0.4, -0.2) is 18.1 Å². The van der Waals surface area contributed by atoms with E-state index in [4.69, 9.17) is 5.73 Å². The quantitative estimate of drug-likeness (QED) is 0.710. The second-order valence-corrected chi connectivity index (χ2v) is 3.14. The molecule has 1 aromatic rings. The number of hydrogen-bond donors (Lipinski definition) is 1. The maximum absolute atomic E-state index is 10.7. The van der Waals surface area contributed by atoms with Crippen molar-refractivity contribution in [2.45, 2.75) is 12.8 Å². The Hall–Kier alpha value is -1.10. The van der Waals surface area contributed by atoms with Crippen molar-refractivity contribution in [1.82, 2.24) is 4.98 Å². The molecule has 0 amide bonds. The van der Waals surface area contributed by atoms with E-state index in [9.17, 15) is 4.79 Å². The Bertz CT molecular complexity index is 272. The lowest BCUT2D eigenvalue weighted by Gasteiger charge is -1.95. The number of anilines is 1. The van der Waals surface area contributed by atoms with Gasteiger partial charge in [-0.15, -0.1) is 11.3 Å². The van der Waals surface area contributed by atoms with Crippen molar-refractivity contribution in [3.8, 4) is 0 Å². The lowest BCUT2D eigenvalue weighted by molar-refractivity contribution is -0.140. The Morgan fingerprint density at radius 2 is 2.58 bits per heavy atom. The van der Waals surface area contributed by atoms with Gasteiger partial charge in [-0.25, -0.2) is 4.98 Å². The first-order chi connectivity index (χ1) is 5.72. The van der Waals surface area contributed by atoms with Gasteiger partial charge in [0.25, 0.3) is 0 Å². The van der Waals surface area contributed by atoms with E-state index in [1.165, 1.54) is 18.4 Å². The Morgan fingerprint density at radius 3 is 3.08 bits per heavy atom. The predicted octanol–water partition coefficient (Wildman–Crippen LogP) is 0.831. The number of nitrogen functional groups attached to an aromatic ring is 1. The standard InChI is InChI=1S/C7H10N2O2S/c1-11-6(10)3-2-5-4-12-7(8)9-5/h4H,2-3H2,1H3,(H2,8,9). The van der Waals surface area contributed by atoms with Crippen LogP contribution in [0.25, 0.3) is 0 Å². The summed E-state index contributed by atoms with van der Waals surface area (Å²) in [4.78, 5) is 14.7. The number of methoxy groups -OCH3 is 1. The molecule has 1 aromatic heterocycles. The first-order valence-electron chi connectivity index (χ1n) is 3.49. The van der Waals surface area contributed by atoms with Crippen LogP contribution in [0.5, 0.6) is 0 Å². The highest BCUT2D eigenvalue weighted by Gasteiger charge is 2.03. The zero-order valence-electron chi connectivity index (χ0n) is 6.74. The Morgan fingerprint density at radius 1 is 1.83 bits per heavy atom. The number of aryl methyl sites for hydroxylation is 1. The Labute approximate surface area is 74.4 Å². The van der Waals surface area contributed by atoms with Crippen molar-refractivity contribution >= 4 is 22.4 Å². The minimum atomic E-state index is -0.221. The van der Waals surface area contributed by atoms with E-state index in [0.29, 0.717) is 18.0 Å². The molecule has 0 aromatic carbocycles. The third-order valence-corrected chi connectivity index (χ3v) is 2.11. The van der Waals surface area contributed by atoms with Gasteiger partial charge in [-0.05, 0) is 0 Å². The average Bonchev–Trinajstić information content (AvgIpc) is 2.47. The van der Waals surface area contributed by atoms with Crippen LogP contribution >= 0.6 is 11.3 Å². The second kappa shape index (κ2) is 4.06. The lowest BCUT2D eigenvalue weighted by atomic mass is 10.2. The largest absolute Gasteiger partial charge is 0.469 e. The molecule has 0 bridgehead atoms. The fourth-order valence-corrected chi connectivity index (χ4v) is 1.37. The molecule has 4 nitrogen and oxygen atoms in total. The smallest absolute Gasteiger partial charge is 0.305 e. The van der Waals surface area contributed by atoms with Gasteiger partial charge in [0.1, 0.15) is 0 Å². The number of hydrogen-bond acceptors (Lipinski definition) is 5. The number of carbonyl (C=O) groups excluding carboxylic acids is 1. The Kier molecular flexibility index (Phi) is 3.04. The van der Waals surface area contributed by atoms with E-state index < -0.39 is 0 Å². The molecule has 1 rings (SSSR count). The Balaban J connectivity index is 2.38. The first-order valence-corrected chi connectivity index (χ1v) is 4.37. The van der Waals surface area contributed by atoms with Crippen LogP contribution in [-0.2, 0) is 16.0 Å². The van der Waals surface area contributed by atoms with Crippen molar-refractivity contribution in [2.75, 3.05) is 12.8 Å². The molecule has 66 valence electrons. The summed E-state index contributed by atoms with van der Waals surface area (Å²) in [5, 5.41) is 2.38. The molecule has 0 spiro atoms. The maximum atomic E-state index is 10.7. The molecule has 5 heteroatoms. The van der Waals surface area contributed by atoms with Gasteiger partial charge in [-0.2, -0.15) is 0 Å². The molecule has 1 heterocycles. The van der Waals surface area contributed by atoms with Crippen molar-refractivity contribution < 1.29 is 9.53 Å². The van der Waals surface area contributed by atoms with E-state index >= 15 is 0 Å². The van der Waals surface area contributed by atoms with Crippen molar-refractivity contribution in [3.05, 3.63) is 11.1 Å². The van der Waals surface area contributed by atoms with Gasteiger partial charge in [0.05, 0.1) is 19.2 Å². The third-order valence-electron chi connectivity index (χ3n) is 1.38. The van der Waals surface area contributed by atoms with E-state index in [1.54, 1.807) is 0 Å². The summed E-state index contributed by atoms with van der Waals surface area (Å²) in [5.41, 5.74) is 6.26. The highest BCUT2D eigenvalue weighted by Crippen LogP contribution is 2.12. The zero-order valence-corrected chi connectivity index (χ0v) is 7.56. The zero-order chi connectivity index (χ0) is 8.97. The highest BCUT2D eigenvalue weighted by atomic mass is 32.1. The summed E-state index contributed by atoms with van der Waals surface area (Å²) in [6.07, 6.45) is 0.958. The van der Waals surface area contributed by atoms with Crippen molar-refractivity contribution in [2.24, 2.45) is 0 Å². The van der Waals surface area contributed by atoms with Gasteiger partial charge in [-0.1, -0.05) is 0 Å². The van der Waals surface area contributed by atoms with E-state index in [0.717, 1.165) is 5.69 Å². The molecule has 2 N–H and O–H groups in total. The number of aromatic nitrogens is 1. The SMILES string of the molecule is COC(=O)CCc1csc(N)n1. The van der Waals surface area contributed by atoms with Gasteiger partial charge in [0.15, 0.2) is 5.13 Å². The van der Waals surface area contributed by atoms with Crippen molar-refractivity contribution in [1.29, 1.82) is 0 Å². The summed E-state index contributed by atoms with van der Waals surface area (Å²) >= 11 is 1.38. The molecule has 0 saturated heterocycles. The molecular weight excluding hydrogens is 176 g/mol. The van der Waals surface area contributed by atoms with Crippen molar-refractivity contribution in [3.63, 3.8) is 0 Å². The van der Waals surface area contributed by atoms with Crippen LogP contribution < -0.4 is 5.73 Å². The summed E-state index contributed by atoms with van der Waals surface area (Å²) in [6.45, 7) is 0. The molecule has 0 atom stereocenters. The number of thiazole rings is 1. The molecule has 0 aliphatic heterocycles. The number of rotatable bonds is 3. The third kappa shape index (κ3) is 2.50. The molecule has 0 radical (unpaired) electrons. The van der Waals surface area contributed by atoms with Crippen LogP contribution in [0.15, 0.2) is 5.38 Å². The fraction of sp³-hybridized carbons (Fsp3) is 0.429. The molecule has 0 saturated carbocycles. The number of carbonyl (C=O) groups is 1. The molecule has 0 unspecified atom stereocenters. The van der Waals surface area contributed by atoms with E-state index in [1.807, 2.05) is 5.38 Å². The summed E-state index contributed by atoms with van der Waals surface area (Å²) in [6, 6.07) is 0. The topological polar surface area (TPSA) is 65.2 Å². The van der Waals surface area contributed by atoms with Crippen LogP contribution in [0.2, 0.25) is 0 Å². The first kappa shape index (κ1) is 8.99. The van der Waals surface area contributed by atoms with Crippen LogP contribution in [0.1, 0.15) is 12.1 Å². The number of nitrogens with zero attached hydrogens (tertiary/aromatic N) is 1. The molecular formula is C7H10N2O2S. The van der Waals surface area contributed by atoms with E-state index in [-0.39, 0.29) is 5.97 Å². The minimum Gasteiger partial charge on any atom is -0.469 e. The number of nitrogens with two attached hydrogens (primary N) is 1. The second-order valence-electron chi connectivity index (χ2n) is 2.25. The van der Waals surface area contributed by atoms with Crippen LogP contribution in [0.4, 0.5) is 5.13 Å². The summed E-state index contributed by atoms with van der Waals surface area (Å²) < 4.78 is 4.48. The minimum absolute atomic E-state index is 0.221. The molecule has 12 heavy (non-hydrogen) atoms. The lowest BCUT2D eigenvalue weighted by Crippen LogP contribution is -2.02. The fourth-order valence-electron chi connectivity index (χ4n) is 0.770. The van der Waals surface area contributed by atoms with Gasteiger partial charge >= 0.3 is 5.97 Å². The van der Waals surface area contributed by atoms with Gasteiger partial charge in [0, 0.05) is 11.8 Å². The summed E-state index contributed by atoms with van der Waals surface area (Å²) in [5.74, 6) is -0.221. The van der Waals surface area contributed by atoms with Gasteiger partial charge < -0.3 is 10.5 Å². The normalized spacial score (nSPS) is 9.75. The molecule has 0 aliphatic carbocycles. The molecule has 0 aliphatic rings. The van der Waals surface area contributed by atoms with E-state index in [2.05, 4.69) is 9.72 Å². The maximum Gasteiger partial charge on any atom is 0.305 e.